The molecule has 1 aromatic heterocycles. The fourth-order valence-electron chi connectivity index (χ4n) is 1.75. The predicted octanol–water partition coefficient (Wildman–Crippen LogP) is 1.97. The second-order valence-electron chi connectivity index (χ2n) is 4.64. The van der Waals surface area contributed by atoms with Gasteiger partial charge in [-0.3, -0.25) is 0 Å². The van der Waals surface area contributed by atoms with Crippen LogP contribution in [0.3, 0.4) is 0 Å². The van der Waals surface area contributed by atoms with Gasteiger partial charge in [0, 0.05) is 24.3 Å². The van der Waals surface area contributed by atoms with Crippen LogP contribution in [0.25, 0.3) is 0 Å². The average molecular weight is 308 g/mol. The van der Waals surface area contributed by atoms with Crippen molar-refractivity contribution < 1.29 is 9.84 Å². The van der Waals surface area contributed by atoms with E-state index in [9.17, 15) is 5.11 Å². The number of hydrogen-bond donors (Lipinski definition) is 2. The Morgan fingerprint density at radius 1 is 1.29 bits per heavy atom. The number of ether oxygens (including phenoxy) is 1. The number of aliphatic hydroxyl groups excluding tert-OH is 1. The number of benzene rings is 1. The summed E-state index contributed by atoms with van der Waals surface area (Å²) in [6, 6.07) is 8.88. The second kappa shape index (κ2) is 7.93. The molecule has 1 heterocycles. The van der Waals surface area contributed by atoms with Crippen molar-refractivity contribution in [2.24, 2.45) is 0 Å². The Balaban J connectivity index is 1.67. The van der Waals surface area contributed by atoms with E-state index in [1.54, 1.807) is 30.5 Å². The van der Waals surface area contributed by atoms with Crippen molar-refractivity contribution in [1.82, 2.24) is 15.3 Å². The maximum atomic E-state index is 9.85. The van der Waals surface area contributed by atoms with Gasteiger partial charge in [0.1, 0.15) is 24.3 Å². The molecular formula is C15H18ClN3O2. The van der Waals surface area contributed by atoms with Crippen molar-refractivity contribution in [2.75, 3.05) is 13.2 Å². The Kier molecular flexibility index (Phi) is 5.92. The summed E-state index contributed by atoms with van der Waals surface area (Å²) < 4.78 is 5.47. The molecule has 0 aliphatic rings. The standard InChI is InChI=1S/C15H18ClN3O2/c1-11-18-7-6-13(19-11)8-17-9-14(20)10-21-15-4-2-12(16)3-5-15/h2-7,14,17,20H,8-10H2,1H3. The number of aryl methyl sites for hydroxylation is 1. The highest BCUT2D eigenvalue weighted by Gasteiger charge is 2.05. The first-order valence-corrected chi connectivity index (χ1v) is 7.07. The number of halogens is 1. The smallest absolute Gasteiger partial charge is 0.125 e. The Hall–Kier alpha value is -1.69. The Bertz CT molecular complexity index is 563. The van der Waals surface area contributed by atoms with Gasteiger partial charge in [0.2, 0.25) is 0 Å². The lowest BCUT2D eigenvalue weighted by Crippen LogP contribution is -2.31. The van der Waals surface area contributed by atoms with Gasteiger partial charge in [-0.2, -0.15) is 0 Å². The van der Waals surface area contributed by atoms with Crippen LogP contribution >= 0.6 is 11.6 Å². The highest BCUT2D eigenvalue weighted by atomic mass is 35.5. The normalized spacial score (nSPS) is 12.1. The zero-order valence-electron chi connectivity index (χ0n) is 11.8. The van der Waals surface area contributed by atoms with Crippen molar-refractivity contribution in [3.05, 3.63) is 53.1 Å². The zero-order chi connectivity index (χ0) is 15.1. The summed E-state index contributed by atoms with van der Waals surface area (Å²) in [6.07, 6.45) is 1.13. The summed E-state index contributed by atoms with van der Waals surface area (Å²) in [5.74, 6) is 1.42. The second-order valence-corrected chi connectivity index (χ2v) is 5.08. The highest BCUT2D eigenvalue weighted by Crippen LogP contribution is 2.15. The third-order valence-electron chi connectivity index (χ3n) is 2.78. The molecule has 0 amide bonds. The van der Waals surface area contributed by atoms with E-state index in [1.165, 1.54) is 0 Å². The van der Waals surface area contributed by atoms with Crippen molar-refractivity contribution in [3.63, 3.8) is 0 Å². The molecular weight excluding hydrogens is 290 g/mol. The molecule has 0 saturated heterocycles. The van der Waals surface area contributed by atoms with Crippen LogP contribution in [0.4, 0.5) is 0 Å². The van der Waals surface area contributed by atoms with Crippen LogP contribution in [0.2, 0.25) is 5.02 Å². The van der Waals surface area contributed by atoms with Crippen molar-refractivity contribution in [1.29, 1.82) is 0 Å². The molecule has 21 heavy (non-hydrogen) atoms. The molecule has 6 heteroatoms. The molecule has 0 aliphatic heterocycles. The first-order chi connectivity index (χ1) is 10.1. The summed E-state index contributed by atoms with van der Waals surface area (Å²) in [7, 11) is 0. The van der Waals surface area contributed by atoms with E-state index in [2.05, 4.69) is 15.3 Å². The van der Waals surface area contributed by atoms with Crippen molar-refractivity contribution in [3.8, 4) is 5.75 Å². The molecule has 2 N–H and O–H groups in total. The number of nitrogens with zero attached hydrogens (tertiary/aromatic N) is 2. The Labute approximate surface area is 129 Å². The number of aromatic nitrogens is 2. The molecule has 5 nitrogen and oxygen atoms in total. The number of rotatable bonds is 7. The first-order valence-electron chi connectivity index (χ1n) is 6.69. The van der Waals surface area contributed by atoms with Gasteiger partial charge in [-0.05, 0) is 37.3 Å². The number of hydrogen-bond acceptors (Lipinski definition) is 5. The van der Waals surface area contributed by atoms with Gasteiger partial charge in [0.25, 0.3) is 0 Å². The quantitative estimate of drug-likeness (QED) is 0.818. The minimum Gasteiger partial charge on any atom is -0.491 e. The molecule has 112 valence electrons. The van der Waals surface area contributed by atoms with Crippen LogP contribution < -0.4 is 10.1 Å². The van der Waals surface area contributed by atoms with Crippen molar-refractivity contribution >= 4 is 11.6 Å². The Morgan fingerprint density at radius 2 is 2.05 bits per heavy atom. The fourth-order valence-corrected chi connectivity index (χ4v) is 1.88. The maximum Gasteiger partial charge on any atom is 0.125 e. The van der Waals surface area contributed by atoms with Crippen LogP contribution in [0.1, 0.15) is 11.5 Å². The molecule has 0 bridgehead atoms. The summed E-state index contributed by atoms with van der Waals surface area (Å²) in [5, 5.41) is 13.6. The maximum absolute atomic E-state index is 9.85. The van der Waals surface area contributed by atoms with Gasteiger partial charge in [-0.1, -0.05) is 11.6 Å². The van der Waals surface area contributed by atoms with Gasteiger partial charge in [0.05, 0.1) is 5.69 Å². The summed E-state index contributed by atoms with van der Waals surface area (Å²) in [4.78, 5) is 8.31. The van der Waals surface area contributed by atoms with Gasteiger partial charge >= 0.3 is 0 Å². The van der Waals surface area contributed by atoms with Crippen molar-refractivity contribution in [2.45, 2.75) is 19.6 Å². The largest absolute Gasteiger partial charge is 0.491 e. The fraction of sp³-hybridized carbons (Fsp3) is 0.333. The number of nitrogens with one attached hydrogen (secondary N) is 1. The Morgan fingerprint density at radius 3 is 2.76 bits per heavy atom. The van der Waals surface area contributed by atoms with Crippen LogP contribution in [-0.4, -0.2) is 34.3 Å². The van der Waals surface area contributed by atoms with E-state index in [4.69, 9.17) is 16.3 Å². The van der Waals surface area contributed by atoms with Gasteiger partial charge in [-0.15, -0.1) is 0 Å². The molecule has 0 spiro atoms. The lowest BCUT2D eigenvalue weighted by molar-refractivity contribution is 0.106. The van der Waals surface area contributed by atoms with E-state index >= 15 is 0 Å². The summed E-state index contributed by atoms with van der Waals surface area (Å²) in [5.41, 5.74) is 0.897. The minimum absolute atomic E-state index is 0.220. The first kappa shape index (κ1) is 15.7. The monoisotopic (exact) mass is 307 g/mol. The van der Waals surface area contributed by atoms with E-state index in [0.717, 1.165) is 11.5 Å². The zero-order valence-corrected chi connectivity index (χ0v) is 12.5. The third kappa shape index (κ3) is 5.67. The topological polar surface area (TPSA) is 67.3 Å². The molecule has 0 aliphatic carbocycles. The van der Waals surface area contributed by atoms with Crippen LogP contribution in [0.15, 0.2) is 36.5 Å². The SMILES string of the molecule is Cc1nccc(CNCC(O)COc2ccc(Cl)cc2)n1. The lowest BCUT2D eigenvalue weighted by atomic mass is 10.3. The van der Waals surface area contributed by atoms with E-state index in [-0.39, 0.29) is 6.61 Å². The molecule has 2 rings (SSSR count). The van der Waals surface area contributed by atoms with Gasteiger partial charge < -0.3 is 15.2 Å². The summed E-state index contributed by atoms with van der Waals surface area (Å²) >= 11 is 5.79. The molecule has 2 aromatic rings. The van der Waals surface area contributed by atoms with E-state index < -0.39 is 6.10 Å². The van der Waals surface area contributed by atoms with Crippen LogP contribution in [-0.2, 0) is 6.54 Å². The van der Waals surface area contributed by atoms with Gasteiger partial charge in [-0.25, -0.2) is 9.97 Å². The van der Waals surface area contributed by atoms with E-state index in [0.29, 0.717) is 23.9 Å². The third-order valence-corrected chi connectivity index (χ3v) is 3.03. The molecule has 0 fully saturated rings. The van der Waals surface area contributed by atoms with E-state index in [1.807, 2.05) is 13.0 Å². The predicted molar refractivity (Wildman–Crippen MR) is 81.4 cm³/mol. The molecule has 1 aromatic carbocycles. The van der Waals surface area contributed by atoms with Crippen LogP contribution in [0.5, 0.6) is 5.75 Å². The molecule has 0 saturated carbocycles. The lowest BCUT2D eigenvalue weighted by Gasteiger charge is -2.13. The number of aliphatic hydroxyl groups is 1. The summed E-state index contributed by atoms with van der Waals surface area (Å²) in [6.45, 7) is 3.08. The molecule has 1 unspecified atom stereocenters. The molecule has 0 radical (unpaired) electrons. The highest BCUT2D eigenvalue weighted by molar-refractivity contribution is 6.30. The molecule has 1 atom stereocenters. The van der Waals surface area contributed by atoms with Crippen LogP contribution in [0, 0.1) is 6.92 Å². The van der Waals surface area contributed by atoms with Gasteiger partial charge in [0.15, 0.2) is 0 Å². The minimum atomic E-state index is -0.594. The average Bonchev–Trinajstić information content (AvgIpc) is 2.47.